The summed E-state index contributed by atoms with van der Waals surface area (Å²) >= 11 is 0. The van der Waals surface area contributed by atoms with Crippen LogP contribution in [0.25, 0.3) is 78.0 Å². The van der Waals surface area contributed by atoms with Crippen LogP contribution in [0.4, 0.5) is 0 Å². The summed E-state index contributed by atoms with van der Waals surface area (Å²) in [4.78, 5) is 17.2. The topological polar surface area (TPSA) is 61.4 Å². The van der Waals surface area contributed by atoms with Crippen molar-refractivity contribution in [3.8, 4) is 33.6 Å². The Hall–Kier alpha value is -6.66. The monoisotopic (exact) mass is 668 g/mol. The van der Waals surface area contributed by atoms with Gasteiger partial charge in [0.15, 0.2) is 0 Å². The maximum absolute atomic E-state index is 4.36. The van der Waals surface area contributed by atoms with Crippen molar-refractivity contribution in [2.24, 2.45) is 0 Å². The van der Waals surface area contributed by atoms with Gasteiger partial charge in [-0.2, -0.15) is 0 Å². The Morgan fingerprint density at radius 1 is 0.404 bits per heavy atom. The molecule has 0 N–H and O–H groups in total. The van der Waals surface area contributed by atoms with E-state index in [1.54, 1.807) is 0 Å². The maximum Gasteiger partial charge on any atom is 0.0547 e. The summed E-state index contributed by atoms with van der Waals surface area (Å²) in [6.07, 6.45) is 21.5. The molecular formula is C46H32N6. The fourth-order valence-electron chi connectivity index (χ4n) is 8.73. The van der Waals surface area contributed by atoms with Crippen molar-refractivity contribution in [1.82, 2.24) is 29.1 Å². The van der Waals surface area contributed by atoms with Crippen LogP contribution in [-0.2, 0) is 19.3 Å². The third-order valence-corrected chi connectivity index (χ3v) is 11.1. The molecule has 3 aromatic carbocycles. The molecule has 0 radical (unpaired) electrons. The molecule has 0 saturated carbocycles. The Labute approximate surface area is 300 Å². The molecule has 6 nitrogen and oxygen atoms in total. The first-order valence-electron chi connectivity index (χ1n) is 17.9. The molecule has 6 heteroatoms. The van der Waals surface area contributed by atoms with Crippen molar-refractivity contribution in [2.45, 2.75) is 25.7 Å². The second-order valence-electron chi connectivity index (χ2n) is 13.9. The normalized spacial score (nSPS) is 13.6. The number of fused-ring (bicyclic) bond motifs is 9. The highest BCUT2D eigenvalue weighted by atomic mass is 15.0. The lowest BCUT2D eigenvalue weighted by atomic mass is 9.83. The lowest BCUT2D eigenvalue weighted by Gasteiger charge is -2.21. The van der Waals surface area contributed by atoms with Crippen molar-refractivity contribution >= 4 is 44.4 Å². The largest absolute Gasteiger partial charge is 0.313 e. The van der Waals surface area contributed by atoms with E-state index in [1.807, 2.05) is 49.6 Å². The fourth-order valence-corrected chi connectivity index (χ4v) is 8.73. The summed E-state index contributed by atoms with van der Waals surface area (Å²) in [6, 6.07) is 33.6. The number of nitrogens with zero attached hydrogens (tertiary/aromatic N) is 6. The molecule has 9 aromatic rings. The first kappa shape index (κ1) is 29.1. The van der Waals surface area contributed by atoms with Gasteiger partial charge in [0.2, 0.25) is 0 Å². The lowest BCUT2D eigenvalue weighted by Crippen LogP contribution is -2.06. The third kappa shape index (κ3) is 4.44. The minimum absolute atomic E-state index is 0.968. The summed E-state index contributed by atoms with van der Waals surface area (Å²) < 4.78 is 4.88. The van der Waals surface area contributed by atoms with E-state index >= 15 is 0 Å². The Kier molecular flexibility index (Phi) is 6.40. The number of aromatic nitrogens is 6. The Balaban J connectivity index is 1.16. The minimum atomic E-state index is 0.968. The van der Waals surface area contributed by atoms with E-state index in [9.17, 15) is 0 Å². The smallest absolute Gasteiger partial charge is 0.0547 e. The molecule has 0 bridgehead atoms. The van der Waals surface area contributed by atoms with Gasteiger partial charge in [-0.1, -0.05) is 6.07 Å². The predicted octanol–water partition coefficient (Wildman–Crippen LogP) is 10.2. The van der Waals surface area contributed by atoms with Gasteiger partial charge in [-0.05, 0) is 161 Å². The molecule has 0 spiro atoms. The molecule has 6 aromatic heterocycles. The van der Waals surface area contributed by atoms with Gasteiger partial charge < -0.3 is 9.13 Å². The van der Waals surface area contributed by atoms with Gasteiger partial charge >= 0.3 is 0 Å². The molecule has 52 heavy (non-hydrogen) atoms. The van der Waals surface area contributed by atoms with Crippen LogP contribution in [0.3, 0.4) is 0 Å². The molecule has 11 rings (SSSR count). The van der Waals surface area contributed by atoms with Gasteiger partial charge in [0.1, 0.15) is 0 Å². The van der Waals surface area contributed by atoms with Crippen molar-refractivity contribution in [2.75, 3.05) is 0 Å². The number of hydrogen-bond donors (Lipinski definition) is 0. The number of benzene rings is 3. The molecule has 0 saturated heterocycles. The van der Waals surface area contributed by atoms with Crippen molar-refractivity contribution in [3.05, 3.63) is 169 Å². The van der Waals surface area contributed by atoms with Crippen LogP contribution in [0.5, 0.6) is 0 Å². The third-order valence-electron chi connectivity index (χ3n) is 11.1. The average Bonchev–Trinajstić information content (AvgIpc) is 3.71. The molecule has 6 heterocycles. The van der Waals surface area contributed by atoms with Crippen LogP contribution in [0, 0.1) is 0 Å². The van der Waals surface area contributed by atoms with Crippen LogP contribution < -0.4 is 0 Å². The highest BCUT2D eigenvalue weighted by molar-refractivity contribution is 6.12. The van der Waals surface area contributed by atoms with Crippen LogP contribution in [0.1, 0.15) is 34.4 Å². The summed E-state index contributed by atoms with van der Waals surface area (Å²) in [5.74, 6) is 0. The molecule has 2 aliphatic carbocycles. The van der Waals surface area contributed by atoms with Crippen LogP contribution in [-0.4, -0.2) is 29.1 Å². The molecule has 0 aliphatic heterocycles. The molecule has 0 fully saturated rings. The lowest BCUT2D eigenvalue weighted by molar-refractivity contribution is 0.896. The second kappa shape index (κ2) is 11.4. The van der Waals surface area contributed by atoms with E-state index < -0.39 is 0 Å². The second-order valence-corrected chi connectivity index (χ2v) is 13.9. The number of pyridine rings is 4. The Morgan fingerprint density at radius 3 is 1.60 bits per heavy atom. The number of allylic oxidation sites excluding steroid dienone is 1. The van der Waals surface area contributed by atoms with Gasteiger partial charge in [-0.15, -0.1) is 0 Å². The Bertz CT molecular complexity index is 2870. The number of aryl methyl sites for hydroxylation is 2. The van der Waals surface area contributed by atoms with Crippen molar-refractivity contribution in [1.29, 1.82) is 0 Å². The predicted molar refractivity (Wildman–Crippen MR) is 210 cm³/mol. The number of rotatable bonds is 4. The molecule has 0 atom stereocenters. The summed E-state index contributed by atoms with van der Waals surface area (Å²) in [5.41, 5.74) is 19.0. The van der Waals surface area contributed by atoms with Gasteiger partial charge in [-0.3, -0.25) is 19.9 Å². The van der Waals surface area contributed by atoms with Gasteiger partial charge in [0, 0.05) is 88.4 Å². The van der Waals surface area contributed by atoms with Crippen LogP contribution in [0.15, 0.2) is 141 Å². The molecular weight excluding hydrogens is 637 g/mol. The highest BCUT2D eigenvalue weighted by Crippen LogP contribution is 2.45. The maximum atomic E-state index is 4.36. The van der Waals surface area contributed by atoms with E-state index in [4.69, 9.17) is 0 Å². The first-order chi connectivity index (χ1) is 25.8. The van der Waals surface area contributed by atoms with Gasteiger partial charge in [-0.25, -0.2) is 0 Å². The molecule has 246 valence electrons. The van der Waals surface area contributed by atoms with E-state index in [0.717, 1.165) is 37.1 Å². The van der Waals surface area contributed by atoms with E-state index in [0.29, 0.717) is 0 Å². The quantitative estimate of drug-likeness (QED) is 0.187. The Morgan fingerprint density at radius 2 is 0.942 bits per heavy atom. The van der Waals surface area contributed by atoms with Gasteiger partial charge in [0.25, 0.3) is 0 Å². The zero-order valence-corrected chi connectivity index (χ0v) is 28.4. The first-order valence-corrected chi connectivity index (χ1v) is 17.9. The zero-order chi connectivity index (χ0) is 34.2. The van der Waals surface area contributed by atoms with Crippen LogP contribution >= 0.6 is 0 Å². The molecule has 0 unspecified atom stereocenters. The van der Waals surface area contributed by atoms with E-state index in [2.05, 4.69) is 126 Å². The van der Waals surface area contributed by atoms with Crippen molar-refractivity contribution < 1.29 is 0 Å². The summed E-state index contributed by atoms with van der Waals surface area (Å²) in [6.45, 7) is 0. The summed E-state index contributed by atoms with van der Waals surface area (Å²) in [7, 11) is 0. The number of hydrogen-bond acceptors (Lipinski definition) is 4. The highest BCUT2D eigenvalue weighted by Gasteiger charge is 2.26. The average molecular weight is 669 g/mol. The van der Waals surface area contributed by atoms with Crippen molar-refractivity contribution in [3.63, 3.8) is 0 Å². The SMILES string of the molecule is C1=C(c2ccncc2)CCc2c1c1cc3c(cc1n2-c1ccncc1)-c1cc2c(cc1CC3)c1cc(-c3ccncc3)ccc1n2-c1ccncc1. The fraction of sp³-hybridized carbons (Fsp3) is 0.0870. The molecule has 0 amide bonds. The van der Waals surface area contributed by atoms with E-state index in [-0.39, 0.29) is 0 Å². The summed E-state index contributed by atoms with van der Waals surface area (Å²) in [5, 5.41) is 3.84. The minimum Gasteiger partial charge on any atom is -0.313 e. The zero-order valence-electron chi connectivity index (χ0n) is 28.4. The standard InChI is InChI=1S/C46H32N6/c1-2-34-26-42-40-24-32(30-9-17-48-18-10-30)4-6-44(40)52(36-13-21-50-22-14-36)46(42)28-38(34)37-27-45-41(25-33(1)37)39-23-31(29-7-15-47-16-8-29)3-5-43(39)51(45)35-11-19-49-20-12-35/h3,5,7-28H,1-2,4,6H2. The van der Waals surface area contributed by atoms with Gasteiger partial charge in [0.05, 0.1) is 16.6 Å². The van der Waals surface area contributed by atoms with Crippen LogP contribution in [0.2, 0.25) is 0 Å². The van der Waals surface area contributed by atoms with E-state index in [1.165, 1.54) is 88.5 Å². The molecule has 2 aliphatic rings.